The van der Waals surface area contributed by atoms with E-state index in [0.717, 1.165) is 13.0 Å². The van der Waals surface area contributed by atoms with Crippen LogP contribution in [0.3, 0.4) is 0 Å². The number of nitrogens with one attached hydrogen (secondary N) is 1. The highest BCUT2D eigenvalue weighted by Crippen LogP contribution is 2.22. The van der Waals surface area contributed by atoms with E-state index >= 15 is 0 Å². The maximum Gasteiger partial charge on any atom is 0.152 e. The van der Waals surface area contributed by atoms with Crippen molar-refractivity contribution in [3.8, 4) is 0 Å². The van der Waals surface area contributed by atoms with Crippen molar-refractivity contribution >= 4 is 9.84 Å². The zero-order valence-corrected chi connectivity index (χ0v) is 12.8. The summed E-state index contributed by atoms with van der Waals surface area (Å²) in [5, 5.41) is 3.44. The van der Waals surface area contributed by atoms with Gasteiger partial charge in [0.1, 0.15) is 0 Å². The van der Waals surface area contributed by atoms with Crippen molar-refractivity contribution in [3.63, 3.8) is 0 Å². The molecular formula is C14H29NO2S. The van der Waals surface area contributed by atoms with E-state index in [2.05, 4.69) is 12.2 Å². The lowest BCUT2D eigenvalue weighted by atomic mass is 10.0. The minimum atomic E-state index is -2.77. The maximum absolute atomic E-state index is 11.4. The Morgan fingerprint density at radius 2 is 1.67 bits per heavy atom. The molecule has 0 amide bonds. The molecule has 1 N–H and O–H groups in total. The van der Waals surface area contributed by atoms with Gasteiger partial charge in [0.15, 0.2) is 9.84 Å². The van der Waals surface area contributed by atoms with E-state index in [1.165, 1.54) is 44.9 Å². The molecule has 1 unspecified atom stereocenters. The van der Waals surface area contributed by atoms with E-state index in [1.54, 1.807) is 0 Å². The predicted octanol–water partition coefficient (Wildman–Crippen LogP) is 2.90. The molecule has 0 aromatic heterocycles. The van der Waals surface area contributed by atoms with Gasteiger partial charge >= 0.3 is 0 Å². The molecule has 1 aliphatic heterocycles. The molecule has 0 bridgehead atoms. The number of hydrogen-bond acceptors (Lipinski definition) is 3. The Hall–Kier alpha value is -0.0900. The highest BCUT2D eigenvalue weighted by Gasteiger charge is 2.37. The number of rotatable bonds is 9. The Labute approximate surface area is 113 Å². The topological polar surface area (TPSA) is 46.2 Å². The molecule has 4 heteroatoms. The van der Waals surface area contributed by atoms with Crippen molar-refractivity contribution in [1.82, 2.24) is 5.32 Å². The van der Waals surface area contributed by atoms with Crippen LogP contribution in [0.15, 0.2) is 0 Å². The number of sulfone groups is 1. The van der Waals surface area contributed by atoms with E-state index in [9.17, 15) is 8.42 Å². The summed E-state index contributed by atoms with van der Waals surface area (Å²) in [5.74, 6) is 0.671. The Morgan fingerprint density at radius 3 is 2.22 bits per heavy atom. The largest absolute Gasteiger partial charge is 0.310 e. The zero-order chi connectivity index (χ0) is 13.5. The highest BCUT2D eigenvalue weighted by molar-refractivity contribution is 7.91. The van der Waals surface area contributed by atoms with Gasteiger partial charge in [-0.25, -0.2) is 8.42 Å². The van der Waals surface area contributed by atoms with Crippen LogP contribution < -0.4 is 5.32 Å². The third-order valence-electron chi connectivity index (χ3n) is 3.84. The molecule has 0 aliphatic carbocycles. The van der Waals surface area contributed by atoms with E-state index in [4.69, 9.17) is 0 Å². The molecule has 0 spiro atoms. The molecule has 1 fully saturated rings. The van der Waals surface area contributed by atoms with Crippen molar-refractivity contribution in [1.29, 1.82) is 0 Å². The number of unbranched alkanes of at least 4 members (excludes halogenated alkanes) is 6. The lowest BCUT2D eigenvalue weighted by Gasteiger charge is -2.23. The van der Waals surface area contributed by atoms with Crippen LogP contribution >= 0.6 is 0 Å². The molecular weight excluding hydrogens is 246 g/mol. The Morgan fingerprint density at radius 1 is 1.06 bits per heavy atom. The second-order valence-corrected chi connectivity index (χ2v) is 8.13. The smallest absolute Gasteiger partial charge is 0.152 e. The standard InChI is InChI=1S/C14H29NO2S/c1-3-4-5-6-7-8-9-11-15-14(2)10-12-18(16,17)13-14/h15H,3-13H2,1-2H3. The first-order chi connectivity index (χ1) is 8.47. The van der Waals surface area contributed by atoms with Crippen molar-refractivity contribution in [2.24, 2.45) is 0 Å². The van der Waals surface area contributed by atoms with Gasteiger partial charge in [0.25, 0.3) is 0 Å². The van der Waals surface area contributed by atoms with Crippen molar-refractivity contribution in [3.05, 3.63) is 0 Å². The average Bonchev–Trinajstić information content (AvgIpc) is 2.57. The van der Waals surface area contributed by atoms with Gasteiger partial charge in [-0.15, -0.1) is 0 Å². The SMILES string of the molecule is CCCCCCCCCNC1(C)CCS(=O)(=O)C1. The van der Waals surface area contributed by atoms with Gasteiger partial charge in [0.2, 0.25) is 0 Å². The van der Waals surface area contributed by atoms with Crippen LogP contribution in [0.2, 0.25) is 0 Å². The van der Waals surface area contributed by atoms with Crippen LogP contribution in [0, 0.1) is 0 Å². The van der Waals surface area contributed by atoms with Gasteiger partial charge in [0.05, 0.1) is 11.5 Å². The number of hydrogen-bond donors (Lipinski definition) is 1. The molecule has 0 radical (unpaired) electrons. The summed E-state index contributed by atoms with van der Waals surface area (Å²) in [6.07, 6.45) is 9.88. The molecule has 1 rings (SSSR count). The van der Waals surface area contributed by atoms with Crippen LogP contribution in [0.25, 0.3) is 0 Å². The maximum atomic E-state index is 11.4. The van der Waals surface area contributed by atoms with Crippen LogP contribution in [0.1, 0.15) is 65.2 Å². The second kappa shape index (κ2) is 7.49. The molecule has 1 saturated heterocycles. The van der Waals surface area contributed by atoms with Crippen LogP contribution in [-0.2, 0) is 9.84 Å². The lowest BCUT2D eigenvalue weighted by molar-refractivity contribution is 0.390. The first kappa shape index (κ1) is 16.0. The van der Waals surface area contributed by atoms with Gasteiger partial charge in [0, 0.05) is 5.54 Å². The van der Waals surface area contributed by atoms with Gasteiger partial charge in [-0.3, -0.25) is 0 Å². The summed E-state index contributed by atoms with van der Waals surface area (Å²) in [6.45, 7) is 5.23. The first-order valence-electron chi connectivity index (χ1n) is 7.43. The Bertz CT molecular complexity index is 327. The summed E-state index contributed by atoms with van der Waals surface area (Å²) in [7, 11) is -2.77. The predicted molar refractivity (Wildman–Crippen MR) is 77.7 cm³/mol. The normalized spacial score (nSPS) is 26.6. The summed E-state index contributed by atoms with van der Waals surface area (Å²) in [5.41, 5.74) is -0.166. The lowest BCUT2D eigenvalue weighted by Crippen LogP contribution is -2.43. The monoisotopic (exact) mass is 275 g/mol. The third kappa shape index (κ3) is 6.19. The minimum absolute atomic E-state index is 0.166. The Kier molecular flexibility index (Phi) is 6.64. The molecule has 1 aliphatic rings. The summed E-state index contributed by atoms with van der Waals surface area (Å²) in [4.78, 5) is 0. The van der Waals surface area contributed by atoms with Gasteiger partial charge < -0.3 is 5.32 Å². The van der Waals surface area contributed by atoms with Gasteiger partial charge in [-0.05, 0) is 26.3 Å². The van der Waals surface area contributed by atoms with Gasteiger partial charge in [-0.2, -0.15) is 0 Å². The first-order valence-corrected chi connectivity index (χ1v) is 9.25. The zero-order valence-electron chi connectivity index (χ0n) is 12.0. The molecule has 0 aromatic carbocycles. The van der Waals surface area contributed by atoms with E-state index in [1.807, 2.05) is 6.92 Å². The fourth-order valence-electron chi connectivity index (χ4n) is 2.62. The van der Waals surface area contributed by atoms with Gasteiger partial charge in [-0.1, -0.05) is 45.4 Å². The third-order valence-corrected chi connectivity index (χ3v) is 5.74. The van der Waals surface area contributed by atoms with Crippen molar-refractivity contribution in [2.45, 2.75) is 70.8 Å². The average molecular weight is 275 g/mol. The van der Waals surface area contributed by atoms with Crippen LogP contribution in [0.5, 0.6) is 0 Å². The molecule has 1 heterocycles. The van der Waals surface area contributed by atoms with E-state index in [-0.39, 0.29) is 5.54 Å². The molecule has 0 saturated carbocycles. The molecule has 1 atom stereocenters. The molecule has 108 valence electrons. The minimum Gasteiger partial charge on any atom is -0.310 e. The summed E-state index contributed by atoms with van der Waals surface area (Å²) >= 11 is 0. The fourth-order valence-corrected chi connectivity index (χ4v) is 4.75. The fraction of sp³-hybridized carbons (Fsp3) is 1.00. The molecule has 18 heavy (non-hydrogen) atoms. The highest BCUT2D eigenvalue weighted by atomic mass is 32.2. The second-order valence-electron chi connectivity index (χ2n) is 5.95. The summed E-state index contributed by atoms with van der Waals surface area (Å²) < 4.78 is 22.9. The van der Waals surface area contributed by atoms with Crippen LogP contribution in [0.4, 0.5) is 0 Å². The van der Waals surface area contributed by atoms with E-state index in [0.29, 0.717) is 11.5 Å². The molecule has 0 aromatic rings. The van der Waals surface area contributed by atoms with Crippen LogP contribution in [-0.4, -0.2) is 32.0 Å². The van der Waals surface area contributed by atoms with E-state index < -0.39 is 9.84 Å². The van der Waals surface area contributed by atoms with Crippen molar-refractivity contribution in [2.75, 3.05) is 18.1 Å². The molecule has 3 nitrogen and oxygen atoms in total. The quantitative estimate of drug-likeness (QED) is 0.658. The van der Waals surface area contributed by atoms with Crippen molar-refractivity contribution < 1.29 is 8.42 Å². The Balaban J connectivity index is 2.01. The summed E-state index contributed by atoms with van der Waals surface area (Å²) in [6, 6.07) is 0.